The summed E-state index contributed by atoms with van der Waals surface area (Å²) in [6, 6.07) is 5.02. The van der Waals surface area contributed by atoms with Crippen LogP contribution in [0.1, 0.15) is 11.6 Å². The van der Waals surface area contributed by atoms with Crippen LogP contribution in [0.15, 0.2) is 18.2 Å². The summed E-state index contributed by atoms with van der Waals surface area (Å²) in [4.78, 5) is 0. The fourth-order valence-corrected chi connectivity index (χ4v) is 2.10. The largest absolute Gasteiger partial charge is 0.394 e. The van der Waals surface area contributed by atoms with Gasteiger partial charge in [-0.25, -0.2) is 0 Å². The number of ether oxygens (including phenoxy) is 1. The molecule has 5 heteroatoms. The molecule has 2 N–H and O–H groups in total. The SMILES string of the molecule is COCCNC(CO)c1c(Cl)cccc1Cl. The predicted octanol–water partition coefficient (Wildman–Crippen LogP) is 2.26. The normalized spacial score (nSPS) is 12.8. The third-order valence-electron chi connectivity index (χ3n) is 2.23. The summed E-state index contributed by atoms with van der Waals surface area (Å²) in [7, 11) is 1.62. The van der Waals surface area contributed by atoms with Gasteiger partial charge in [-0.15, -0.1) is 0 Å². The molecule has 0 aliphatic heterocycles. The second-order valence-electron chi connectivity index (χ2n) is 3.32. The Kier molecular flexibility index (Phi) is 6.09. The lowest BCUT2D eigenvalue weighted by atomic mass is 10.1. The highest BCUT2D eigenvalue weighted by Gasteiger charge is 2.16. The van der Waals surface area contributed by atoms with Gasteiger partial charge in [0.1, 0.15) is 0 Å². The van der Waals surface area contributed by atoms with Crippen LogP contribution in [0.25, 0.3) is 0 Å². The Labute approximate surface area is 105 Å². The van der Waals surface area contributed by atoms with E-state index in [0.29, 0.717) is 23.2 Å². The second-order valence-corrected chi connectivity index (χ2v) is 4.13. The maximum absolute atomic E-state index is 9.31. The molecule has 0 heterocycles. The van der Waals surface area contributed by atoms with Crippen molar-refractivity contribution in [2.24, 2.45) is 0 Å². The highest BCUT2D eigenvalue weighted by atomic mass is 35.5. The highest BCUT2D eigenvalue weighted by molar-refractivity contribution is 6.36. The Morgan fingerprint density at radius 3 is 2.50 bits per heavy atom. The predicted molar refractivity (Wildman–Crippen MR) is 66.2 cm³/mol. The fourth-order valence-electron chi connectivity index (χ4n) is 1.44. The van der Waals surface area contributed by atoms with Crippen LogP contribution in [0.2, 0.25) is 10.0 Å². The lowest BCUT2D eigenvalue weighted by molar-refractivity contribution is 0.184. The molecule has 3 nitrogen and oxygen atoms in total. The number of aliphatic hydroxyl groups is 1. The Balaban J connectivity index is 2.78. The number of methoxy groups -OCH3 is 1. The molecule has 1 aromatic rings. The minimum absolute atomic E-state index is 0.0623. The van der Waals surface area contributed by atoms with E-state index in [2.05, 4.69) is 5.32 Å². The Hall–Kier alpha value is -0.320. The van der Waals surface area contributed by atoms with Gasteiger partial charge in [-0.2, -0.15) is 0 Å². The summed E-state index contributed by atoms with van der Waals surface area (Å²) in [5.41, 5.74) is 0.726. The van der Waals surface area contributed by atoms with Gasteiger partial charge in [-0.3, -0.25) is 0 Å². The van der Waals surface area contributed by atoms with Crippen LogP contribution in [0, 0.1) is 0 Å². The lowest BCUT2D eigenvalue weighted by Gasteiger charge is -2.19. The molecule has 0 aliphatic rings. The molecule has 16 heavy (non-hydrogen) atoms. The summed E-state index contributed by atoms with van der Waals surface area (Å²) < 4.78 is 4.92. The third kappa shape index (κ3) is 3.61. The summed E-state index contributed by atoms with van der Waals surface area (Å²) in [5, 5.41) is 13.5. The zero-order chi connectivity index (χ0) is 12.0. The minimum atomic E-state index is -0.267. The van der Waals surface area contributed by atoms with Crippen LogP contribution in [-0.4, -0.2) is 32.0 Å². The summed E-state index contributed by atoms with van der Waals surface area (Å²) >= 11 is 12.1. The van der Waals surface area contributed by atoms with Crippen LogP contribution in [0.5, 0.6) is 0 Å². The van der Waals surface area contributed by atoms with Gasteiger partial charge in [0.2, 0.25) is 0 Å². The molecule has 1 rings (SSSR count). The standard InChI is InChI=1S/C11H15Cl2NO2/c1-16-6-5-14-10(7-15)11-8(12)3-2-4-9(11)13/h2-4,10,14-15H,5-7H2,1H3. The molecule has 0 aliphatic carbocycles. The average Bonchev–Trinajstić information content (AvgIpc) is 2.26. The van der Waals surface area contributed by atoms with Crippen LogP contribution in [0.3, 0.4) is 0 Å². The van der Waals surface area contributed by atoms with Crippen molar-refractivity contribution in [2.45, 2.75) is 6.04 Å². The number of hydrogen-bond acceptors (Lipinski definition) is 3. The summed E-state index contributed by atoms with van der Waals surface area (Å²) in [6.07, 6.45) is 0. The van der Waals surface area contributed by atoms with Gasteiger partial charge in [0, 0.05) is 29.3 Å². The molecule has 0 bridgehead atoms. The van der Waals surface area contributed by atoms with Crippen molar-refractivity contribution < 1.29 is 9.84 Å². The van der Waals surface area contributed by atoms with Gasteiger partial charge in [0.15, 0.2) is 0 Å². The number of benzene rings is 1. The molecule has 0 aromatic heterocycles. The molecule has 0 fully saturated rings. The van der Waals surface area contributed by atoms with Gasteiger partial charge in [-0.05, 0) is 12.1 Å². The first-order valence-electron chi connectivity index (χ1n) is 4.97. The molecule has 1 unspecified atom stereocenters. The van der Waals surface area contributed by atoms with Gasteiger partial charge >= 0.3 is 0 Å². The van der Waals surface area contributed by atoms with Crippen molar-refractivity contribution in [1.82, 2.24) is 5.32 Å². The van der Waals surface area contributed by atoms with Crippen molar-refractivity contribution in [3.8, 4) is 0 Å². The average molecular weight is 264 g/mol. The zero-order valence-electron chi connectivity index (χ0n) is 9.04. The monoisotopic (exact) mass is 263 g/mol. The Morgan fingerprint density at radius 2 is 2.00 bits per heavy atom. The van der Waals surface area contributed by atoms with Gasteiger partial charge in [0.05, 0.1) is 19.3 Å². The molecular formula is C11H15Cl2NO2. The fraction of sp³-hybridized carbons (Fsp3) is 0.455. The topological polar surface area (TPSA) is 41.5 Å². The quantitative estimate of drug-likeness (QED) is 0.774. The molecule has 90 valence electrons. The molecule has 0 saturated heterocycles. The number of hydrogen-bond donors (Lipinski definition) is 2. The molecular weight excluding hydrogens is 249 g/mol. The van der Waals surface area contributed by atoms with E-state index < -0.39 is 0 Å². The number of halogens is 2. The van der Waals surface area contributed by atoms with Crippen LogP contribution >= 0.6 is 23.2 Å². The van der Waals surface area contributed by atoms with Crippen LogP contribution < -0.4 is 5.32 Å². The maximum atomic E-state index is 9.31. The summed E-state index contributed by atoms with van der Waals surface area (Å²) in [5.74, 6) is 0. The van der Waals surface area contributed by atoms with Crippen LogP contribution in [0.4, 0.5) is 0 Å². The first kappa shape index (κ1) is 13.7. The van der Waals surface area contributed by atoms with E-state index in [-0.39, 0.29) is 12.6 Å². The first-order valence-corrected chi connectivity index (χ1v) is 5.73. The molecule has 0 radical (unpaired) electrons. The van der Waals surface area contributed by atoms with E-state index in [1.807, 2.05) is 0 Å². The van der Waals surface area contributed by atoms with Crippen molar-refractivity contribution >= 4 is 23.2 Å². The third-order valence-corrected chi connectivity index (χ3v) is 2.89. The minimum Gasteiger partial charge on any atom is -0.394 e. The van der Waals surface area contributed by atoms with E-state index in [4.69, 9.17) is 27.9 Å². The van der Waals surface area contributed by atoms with Crippen molar-refractivity contribution in [3.05, 3.63) is 33.8 Å². The molecule has 1 atom stereocenters. The number of nitrogens with one attached hydrogen (secondary N) is 1. The first-order chi connectivity index (χ1) is 7.70. The Morgan fingerprint density at radius 1 is 1.38 bits per heavy atom. The number of aliphatic hydroxyl groups excluding tert-OH is 1. The molecule has 1 aromatic carbocycles. The van der Waals surface area contributed by atoms with E-state index in [0.717, 1.165) is 5.56 Å². The summed E-state index contributed by atoms with van der Waals surface area (Å²) in [6.45, 7) is 1.13. The van der Waals surface area contributed by atoms with Gasteiger partial charge < -0.3 is 15.2 Å². The van der Waals surface area contributed by atoms with Crippen molar-refractivity contribution in [2.75, 3.05) is 26.9 Å². The van der Waals surface area contributed by atoms with E-state index >= 15 is 0 Å². The second kappa shape index (κ2) is 7.09. The number of rotatable bonds is 6. The van der Waals surface area contributed by atoms with E-state index in [9.17, 15) is 5.11 Å². The van der Waals surface area contributed by atoms with Gasteiger partial charge in [-0.1, -0.05) is 29.3 Å². The Bertz CT molecular complexity index is 314. The van der Waals surface area contributed by atoms with Gasteiger partial charge in [0.25, 0.3) is 0 Å². The van der Waals surface area contributed by atoms with E-state index in [1.165, 1.54) is 0 Å². The van der Waals surface area contributed by atoms with E-state index in [1.54, 1.807) is 25.3 Å². The maximum Gasteiger partial charge on any atom is 0.0627 e. The van der Waals surface area contributed by atoms with Crippen LogP contribution in [-0.2, 0) is 4.74 Å². The lowest BCUT2D eigenvalue weighted by Crippen LogP contribution is -2.28. The molecule has 0 spiro atoms. The smallest absolute Gasteiger partial charge is 0.0627 e. The zero-order valence-corrected chi connectivity index (χ0v) is 10.6. The molecule has 0 saturated carbocycles. The highest BCUT2D eigenvalue weighted by Crippen LogP contribution is 2.29. The van der Waals surface area contributed by atoms with Crippen molar-refractivity contribution in [1.29, 1.82) is 0 Å². The molecule has 0 amide bonds. The van der Waals surface area contributed by atoms with Crippen molar-refractivity contribution in [3.63, 3.8) is 0 Å².